The van der Waals surface area contributed by atoms with Gasteiger partial charge in [-0.15, -0.1) is 6.58 Å². The fourth-order valence-electron chi connectivity index (χ4n) is 3.24. The zero-order chi connectivity index (χ0) is 20.3. The van der Waals surface area contributed by atoms with Crippen molar-refractivity contribution in [2.75, 3.05) is 6.61 Å². The quantitative estimate of drug-likeness (QED) is 0.590. The maximum Gasteiger partial charge on any atom is 0.253 e. The minimum atomic E-state index is -0.759. The molecule has 6 heteroatoms. The molecule has 0 saturated carbocycles. The monoisotopic (exact) mass is 381 g/mol. The summed E-state index contributed by atoms with van der Waals surface area (Å²) in [5.41, 5.74) is 1.98. The van der Waals surface area contributed by atoms with Crippen LogP contribution in [0.2, 0.25) is 0 Å². The second-order valence-corrected chi connectivity index (χ2v) is 7.40. The number of ether oxygens (including phenoxy) is 1. The van der Waals surface area contributed by atoms with Gasteiger partial charge in [0.15, 0.2) is 11.6 Å². The van der Waals surface area contributed by atoms with E-state index in [1.807, 2.05) is 26.0 Å². The Morgan fingerprint density at radius 3 is 2.82 bits per heavy atom. The summed E-state index contributed by atoms with van der Waals surface area (Å²) in [7, 11) is 0. The number of aromatic amines is 1. The summed E-state index contributed by atoms with van der Waals surface area (Å²) < 4.78 is 19.6. The van der Waals surface area contributed by atoms with Gasteiger partial charge >= 0.3 is 0 Å². The molecule has 0 bridgehead atoms. The number of para-hydroxylation sites is 1. The summed E-state index contributed by atoms with van der Waals surface area (Å²) in [4.78, 5) is 20.5. The SMILES string of the molecule is C=C(C)CC(C)(COc1ccccc1F)NC(=O)c1cc2cc[nH]c2nc1C. The first-order valence-electron chi connectivity index (χ1n) is 9.06. The van der Waals surface area contributed by atoms with Gasteiger partial charge in [-0.25, -0.2) is 9.37 Å². The third-order valence-electron chi connectivity index (χ3n) is 4.46. The van der Waals surface area contributed by atoms with E-state index in [0.717, 1.165) is 16.6 Å². The second-order valence-electron chi connectivity index (χ2n) is 7.40. The van der Waals surface area contributed by atoms with E-state index in [2.05, 4.69) is 21.9 Å². The van der Waals surface area contributed by atoms with Crippen molar-refractivity contribution in [1.82, 2.24) is 15.3 Å². The predicted octanol–water partition coefficient (Wildman–Crippen LogP) is 4.54. The van der Waals surface area contributed by atoms with E-state index in [1.165, 1.54) is 6.07 Å². The fraction of sp³-hybridized carbons (Fsp3) is 0.273. The maximum atomic E-state index is 13.9. The first-order valence-corrected chi connectivity index (χ1v) is 9.06. The fourth-order valence-corrected chi connectivity index (χ4v) is 3.24. The van der Waals surface area contributed by atoms with E-state index < -0.39 is 11.4 Å². The molecule has 1 aromatic carbocycles. The smallest absolute Gasteiger partial charge is 0.253 e. The second kappa shape index (κ2) is 7.84. The van der Waals surface area contributed by atoms with E-state index in [1.54, 1.807) is 31.3 Å². The van der Waals surface area contributed by atoms with Crippen molar-refractivity contribution in [3.05, 3.63) is 71.8 Å². The van der Waals surface area contributed by atoms with Gasteiger partial charge in [0.1, 0.15) is 12.3 Å². The number of fused-ring (bicyclic) bond motifs is 1. The highest BCUT2D eigenvalue weighted by Crippen LogP contribution is 2.22. The number of nitrogens with zero attached hydrogens (tertiary/aromatic N) is 1. The number of pyridine rings is 1. The van der Waals surface area contributed by atoms with Crippen LogP contribution in [0.5, 0.6) is 5.75 Å². The number of hydrogen-bond donors (Lipinski definition) is 2. The Morgan fingerprint density at radius 2 is 2.11 bits per heavy atom. The molecule has 0 aliphatic heterocycles. The van der Waals surface area contributed by atoms with Gasteiger partial charge in [0.05, 0.1) is 16.8 Å². The Morgan fingerprint density at radius 1 is 1.36 bits per heavy atom. The van der Waals surface area contributed by atoms with Crippen LogP contribution in [0.3, 0.4) is 0 Å². The van der Waals surface area contributed by atoms with Gasteiger partial charge in [-0.2, -0.15) is 0 Å². The lowest BCUT2D eigenvalue weighted by molar-refractivity contribution is 0.0863. The molecular formula is C22H24FN3O2. The zero-order valence-corrected chi connectivity index (χ0v) is 16.3. The molecule has 28 heavy (non-hydrogen) atoms. The molecule has 0 radical (unpaired) electrons. The molecule has 5 nitrogen and oxygen atoms in total. The molecular weight excluding hydrogens is 357 g/mol. The highest BCUT2D eigenvalue weighted by molar-refractivity contribution is 5.98. The largest absolute Gasteiger partial charge is 0.488 e. The number of rotatable bonds is 7. The summed E-state index contributed by atoms with van der Waals surface area (Å²) in [6.07, 6.45) is 2.28. The molecule has 3 aromatic rings. The number of halogens is 1. The Bertz CT molecular complexity index is 1030. The summed E-state index contributed by atoms with van der Waals surface area (Å²) in [5.74, 6) is -0.547. The standard InChI is InChI=1S/C22H24FN3O2/c1-14(2)12-22(4,13-28-19-8-6-5-7-18(19)23)26-21(27)17-11-16-9-10-24-20(16)25-15(17)3/h5-11H,1,12-13H2,2-4H3,(H,24,25)(H,26,27). The van der Waals surface area contributed by atoms with Crippen molar-refractivity contribution in [2.24, 2.45) is 0 Å². The van der Waals surface area contributed by atoms with Crippen LogP contribution in [0.1, 0.15) is 36.3 Å². The van der Waals surface area contributed by atoms with Crippen LogP contribution in [-0.2, 0) is 0 Å². The zero-order valence-electron chi connectivity index (χ0n) is 16.3. The number of carbonyl (C=O) groups is 1. The summed E-state index contributed by atoms with van der Waals surface area (Å²) in [5, 5.41) is 3.89. The molecule has 0 aliphatic carbocycles. The van der Waals surface area contributed by atoms with Crippen molar-refractivity contribution in [3.63, 3.8) is 0 Å². The Balaban J connectivity index is 1.82. The summed E-state index contributed by atoms with van der Waals surface area (Å²) in [6.45, 7) is 9.58. The number of amides is 1. The molecule has 0 fully saturated rings. The molecule has 1 unspecified atom stereocenters. The van der Waals surface area contributed by atoms with Crippen LogP contribution in [0, 0.1) is 12.7 Å². The predicted molar refractivity (Wildman–Crippen MR) is 108 cm³/mol. The van der Waals surface area contributed by atoms with Gasteiger partial charge in [-0.1, -0.05) is 17.7 Å². The average molecular weight is 381 g/mol. The molecule has 2 aromatic heterocycles. The number of aryl methyl sites for hydroxylation is 1. The van der Waals surface area contributed by atoms with Gasteiger partial charge in [-0.3, -0.25) is 4.79 Å². The maximum absolute atomic E-state index is 13.9. The molecule has 3 rings (SSSR count). The topological polar surface area (TPSA) is 67.0 Å². The normalized spacial score (nSPS) is 13.1. The lowest BCUT2D eigenvalue weighted by Crippen LogP contribution is -2.50. The van der Waals surface area contributed by atoms with Crippen molar-refractivity contribution in [1.29, 1.82) is 0 Å². The molecule has 2 N–H and O–H groups in total. The highest BCUT2D eigenvalue weighted by Gasteiger charge is 2.29. The third-order valence-corrected chi connectivity index (χ3v) is 4.46. The van der Waals surface area contributed by atoms with Gasteiger partial charge in [0.2, 0.25) is 0 Å². The Hall–Kier alpha value is -3.15. The van der Waals surface area contributed by atoms with Gasteiger partial charge in [-0.05, 0) is 51.5 Å². The third kappa shape index (κ3) is 4.39. The lowest BCUT2D eigenvalue weighted by Gasteiger charge is -2.31. The molecule has 1 amide bonds. The van der Waals surface area contributed by atoms with E-state index >= 15 is 0 Å². The van der Waals surface area contributed by atoms with Crippen LogP contribution < -0.4 is 10.1 Å². The first-order chi connectivity index (χ1) is 13.3. The lowest BCUT2D eigenvalue weighted by atomic mass is 9.94. The Labute approximate surface area is 163 Å². The van der Waals surface area contributed by atoms with Gasteiger partial charge in [0.25, 0.3) is 5.91 Å². The number of nitrogens with one attached hydrogen (secondary N) is 2. The van der Waals surface area contributed by atoms with Crippen LogP contribution in [0.25, 0.3) is 11.0 Å². The van der Waals surface area contributed by atoms with Crippen LogP contribution in [0.4, 0.5) is 4.39 Å². The average Bonchev–Trinajstić information content (AvgIpc) is 3.06. The van der Waals surface area contributed by atoms with Crippen LogP contribution in [-0.4, -0.2) is 28.0 Å². The molecule has 2 heterocycles. The molecule has 0 saturated heterocycles. The van der Waals surface area contributed by atoms with E-state index in [4.69, 9.17) is 4.74 Å². The minimum Gasteiger partial charge on any atom is -0.488 e. The van der Waals surface area contributed by atoms with Crippen LogP contribution >= 0.6 is 0 Å². The highest BCUT2D eigenvalue weighted by atomic mass is 19.1. The number of hydrogen-bond acceptors (Lipinski definition) is 3. The van der Waals surface area contributed by atoms with E-state index in [0.29, 0.717) is 17.7 Å². The van der Waals surface area contributed by atoms with Gasteiger partial charge < -0.3 is 15.0 Å². The number of H-pyrrole nitrogens is 1. The van der Waals surface area contributed by atoms with Crippen LogP contribution in [0.15, 0.2) is 54.7 Å². The molecule has 1 atom stereocenters. The Kier molecular flexibility index (Phi) is 5.49. The molecule has 0 spiro atoms. The molecule has 0 aliphatic rings. The number of aromatic nitrogens is 2. The summed E-state index contributed by atoms with van der Waals surface area (Å²) in [6, 6.07) is 9.88. The van der Waals surface area contributed by atoms with Crippen molar-refractivity contribution in [3.8, 4) is 5.75 Å². The summed E-state index contributed by atoms with van der Waals surface area (Å²) >= 11 is 0. The number of carbonyl (C=O) groups excluding carboxylic acids is 1. The molecule has 146 valence electrons. The van der Waals surface area contributed by atoms with Crippen molar-refractivity contribution >= 4 is 16.9 Å². The van der Waals surface area contributed by atoms with E-state index in [-0.39, 0.29) is 18.3 Å². The van der Waals surface area contributed by atoms with Crippen molar-refractivity contribution < 1.29 is 13.9 Å². The van der Waals surface area contributed by atoms with E-state index in [9.17, 15) is 9.18 Å². The van der Waals surface area contributed by atoms with Crippen molar-refractivity contribution in [2.45, 2.75) is 32.7 Å². The first kappa shape index (κ1) is 19.6. The number of benzene rings is 1. The minimum absolute atomic E-state index is 0.103. The van der Waals surface area contributed by atoms with Gasteiger partial charge in [0, 0.05) is 11.6 Å².